The van der Waals surface area contributed by atoms with Crippen LogP contribution in [-0.4, -0.2) is 37.7 Å². The minimum absolute atomic E-state index is 0.226. The Labute approximate surface area is 216 Å². The van der Waals surface area contributed by atoms with Gasteiger partial charge in [-0.05, 0) is 70.1 Å². The molecule has 0 aromatic heterocycles. The Morgan fingerprint density at radius 2 is 1.69 bits per heavy atom. The quantitative estimate of drug-likeness (QED) is 0.0996. The number of carbonyl (C=O) groups excluding carboxylic acids is 3. The highest BCUT2D eigenvalue weighted by atomic mass is 127. The Bertz CT molecular complexity index is 1260. The summed E-state index contributed by atoms with van der Waals surface area (Å²) in [6, 6.07) is 21.3. The Morgan fingerprint density at radius 3 is 2.43 bits per heavy atom. The van der Waals surface area contributed by atoms with Gasteiger partial charge in [0.2, 0.25) is 0 Å². The van der Waals surface area contributed by atoms with Crippen molar-refractivity contribution in [2.24, 2.45) is 5.10 Å². The molecular weight excluding hydrogens is 561 g/mol. The molecule has 0 unspecified atom stereocenters. The van der Waals surface area contributed by atoms with Crippen molar-refractivity contribution in [1.29, 1.82) is 0 Å². The van der Waals surface area contributed by atoms with Crippen LogP contribution in [0.15, 0.2) is 84.0 Å². The van der Waals surface area contributed by atoms with Gasteiger partial charge in [0, 0.05) is 9.65 Å². The van der Waals surface area contributed by atoms with Crippen molar-refractivity contribution in [1.82, 2.24) is 10.7 Å². The number of hydrazone groups is 1. The molecule has 0 aliphatic rings. The number of rotatable bonds is 9. The van der Waals surface area contributed by atoms with Gasteiger partial charge in [0.15, 0.2) is 11.5 Å². The second-order valence-corrected chi connectivity index (χ2v) is 8.19. The summed E-state index contributed by atoms with van der Waals surface area (Å²) in [5.74, 6) is -0.805. The highest BCUT2D eigenvalue weighted by Crippen LogP contribution is 2.27. The number of halogens is 1. The molecule has 0 spiro atoms. The standard InChI is InChI=1S/C26H22IN3O5/c1-34-23-15-19(11-13-22(23)35-25(32)14-12-18-7-3-2-4-8-18)16-29-30-24(31)17-28-26(33)20-9-5-6-10-21(20)27/h2-16H,17H2,1H3,(H,28,33)(H,30,31). The SMILES string of the molecule is COc1cc(C=NNC(=O)CNC(=O)c2ccccc2I)ccc1OC(=O)C=Cc1ccccc1. The number of nitrogens with zero attached hydrogens (tertiary/aromatic N) is 1. The van der Waals surface area contributed by atoms with Crippen LogP contribution in [0.4, 0.5) is 0 Å². The van der Waals surface area contributed by atoms with E-state index in [9.17, 15) is 14.4 Å². The second kappa shape index (κ2) is 13.0. The van der Waals surface area contributed by atoms with Crippen molar-refractivity contribution in [2.45, 2.75) is 0 Å². The molecule has 3 rings (SSSR count). The molecule has 9 heteroatoms. The van der Waals surface area contributed by atoms with Crippen molar-refractivity contribution in [3.8, 4) is 11.5 Å². The predicted octanol–water partition coefficient (Wildman–Crippen LogP) is 3.80. The molecule has 3 aromatic carbocycles. The van der Waals surface area contributed by atoms with Gasteiger partial charge in [0.1, 0.15) is 0 Å². The fraction of sp³-hybridized carbons (Fsp3) is 0.0769. The van der Waals surface area contributed by atoms with Gasteiger partial charge in [-0.15, -0.1) is 0 Å². The van der Waals surface area contributed by atoms with Crippen LogP contribution in [0.25, 0.3) is 6.08 Å². The number of hydrogen-bond acceptors (Lipinski definition) is 6. The largest absolute Gasteiger partial charge is 0.493 e. The first-order chi connectivity index (χ1) is 17.0. The molecule has 0 saturated carbocycles. The lowest BCUT2D eigenvalue weighted by atomic mass is 10.2. The average molecular weight is 583 g/mol. The van der Waals surface area contributed by atoms with Crippen molar-refractivity contribution in [2.75, 3.05) is 13.7 Å². The molecule has 35 heavy (non-hydrogen) atoms. The van der Waals surface area contributed by atoms with Gasteiger partial charge in [-0.25, -0.2) is 10.2 Å². The molecule has 178 valence electrons. The summed E-state index contributed by atoms with van der Waals surface area (Å²) in [6.07, 6.45) is 4.39. The highest BCUT2D eigenvalue weighted by molar-refractivity contribution is 14.1. The molecule has 8 nitrogen and oxygen atoms in total. The first-order valence-corrected chi connectivity index (χ1v) is 11.5. The summed E-state index contributed by atoms with van der Waals surface area (Å²) in [6.45, 7) is -0.226. The van der Waals surface area contributed by atoms with Gasteiger partial charge < -0.3 is 14.8 Å². The maximum atomic E-state index is 12.2. The van der Waals surface area contributed by atoms with Crippen LogP contribution >= 0.6 is 22.6 Å². The molecule has 0 bridgehead atoms. The van der Waals surface area contributed by atoms with Crippen LogP contribution in [0.1, 0.15) is 21.5 Å². The monoisotopic (exact) mass is 583 g/mol. The van der Waals surface area contributed by atoms with E-state index >= 15 is 0 Å². The zero-order valence-corrected chi connectivity index (χ0v) is 20.9. The molecule has 3 aromatic rings. The average Bonchev–Trinajstić information content (AvgIpc) is 2.87. The third kappa shape index (κ3) is 8.07. The lowest BCUT2D eigenvalue weighted by Crippen LogP contribution is -2.35. The van der Waals surface area contributed by atoms with Gasteiger partial charge in [-0.3, -0.25) is 9.59 Å². The summed E-state index contributed by atoms with van der Waals surface area (Å²) < 4.78 is 11.4. The molecule has 0 radical (unpaired) electrons. The molecule has 0 atom stereocenters. The van der Waals surface area contributed by atoms with Crippen LogP contribution in [0.5, 0.6) is 11.5 Å². The van der Waals surface area contributed by atoms with Crippen LogP contribution in [0.2, 0.25) is 0 Å². The van der Waals surface area contributed by atoms with E-state index in [1.165, 1.54) is 19.4 Å². The van der Waals surface area contributed by atoms with E-state index in [4.69, 9.17) is 9.47 Å². The van der Waals surface area contributed by atoms with E-state index in [-0.39, 0.29) is 18.2 Å². The van der Waals surface area contributed by atoms with Crippen LogP contribution in [0.3, 0.4) is 0 Å². The Balaban J connectivity index is 1.52. The minimum atomic E-state index is -0.548. The number of benzene rings is 3. The summed E-state index contributed by atoms with van der Waals surface area (Å²) in [5, 5.41) is 6.44. The number of hydrogen-bond donors (Lipinski definition) is 2. The number of carbonyl (C=O) groups is 3. The van der Waals surface area contributed by atoms with Gasteiger partial charge >= 0.3 is 5.97 Å². The Morgan fingerprint density at radius 1 is 0.943 bits per heavy atom. The third-order valence-corrected chi connectivity index (χ3v) is 5.48. The van der Waals surface area contributed by atoms with E-state index in [2.05, 4.69) is 38.4 Å². The van der Waals surface area contributed by atoms with Crippen LogP contribution in [-0.2, 0) is 9.59 Å². The Kier molecular flexibility index (Phi) is 9.55. The van der Waals surface area contributed by atoms with Crippen molar-refractivity contribution in [3.05, 3.63) is 99.1 Å². The molecule has 0 aliphatic heterocycles. The zero-order valence-electron chi connectivity index (χ0n) is 18.7. The maximum Gasteiger partial charge on any atom is 0.336 e. The van der Waals surface area contributed by atoms with Crippen molar-refractivity contribution >= 4 is 52.7 Å². The number of esters is 1. The highest BCUT2D eigenvalue weighted by Gasteiger charge is 2.11. The number of ether oxygens (including phenoxy) is 2. The van der Waals surface area contributed by atoms with E-state index in [1.807, 2.05) is 42.5 Å². The summed E-state index contributed by atoms with van der Waals surface area (Å²) in [5.41, 5.74) is 4.32. The van der Waals surface area contributed by atoms with E-state index in [1.54, 1.807) is 36.4 Å². The Hall–Kier alpha value is -3.99. The van der Waals surface area contributed by atoms with Gasteiger partial charge in [-0.2, -0.15) is 5.10 Å². The molecule has 0 saturated heterocycles. The third-order valence-electron chi connectivity index (χ3n) is 4.54. The van der Waals surface area contributed by atoms with Crippen LogP contribution < -0.4 is 20.2 Å². The van der Waals surface area contributed by atoms with Gasteiger partial charge in [0.25, 0.3) is 11.8 Å². The molecular formula is C26H22IN3O5. The normalized spacial score (nSPS) is 10.8. The molecule has 2 amide bonds. The molecule has 2 N–H and O–H groups in total. The maximum absolute atomic E-state index is 12.2. The topological polar surface area (TPSA) is 106 Å². The lowest BCUT2D eigenvalue weighted by molar-refractivity contribution is -0.129. The summed E-state index contributed by atoms with van der Waals surface area (Å²) in [7, 11) is 1.45. The van der Waals surface area contributed by atoms with E-state index in [0.29, 0.717) is 16.9 Å². The first-order valence-electron chi connectivity index (χ1n) is 10.4. The molecule has 0 aliphatic carbocycles. The summed E-state index contributed by atoms with van der Waals surface area (Å²) >= 11 is 2.06. The fourth-order valence-electron chi connectivity index (χ4n) is 2.84. The molecule has 0 fully saturated rings. The van der Waals surface area contributed by atoms with Crippen molar-refractivity contribution in [3.63, 3.8) is 0 Å². The van der Waals surface area contributed by atoms with E-state index < -0.39 is 11.9 Å². The van der Waals surface area contributed by atoms with Gasteiger partial charge in [-0.1, -0.05) is 42.5 Å². The zero-order chi connectivity index (χ0) is 25.0. The first kappa shape index (κ1) is 25.6. The van der Waals surface area contributed by atoms with E-state index in [0.717, 1.165) is 9.13 Å². The minimum Gasteiger partial charge on any atom is -0.493 e. The fourth-order valence-corrected chi connectivity index (χ4v) is 3.47. The van der Waals surface area contributed by atoms with Gasteiger partial charge in [0.05, 0.1) is 25.4 Å². The number of amides is 2. The number of nitrogens with one attached hydrogen (secondary N) is 2. The summed E-state index contributed by atoms with van der Waals surface area (Å²) in [4.78, 5) is 36.3. The smallest absolute Gasteiger partial charge is 0.336 e. The number of methoxy groups -OCH3 is 1. The van der Waals surface area contributed by atoms with Crippen LogP contribution in [0, 0.1) is 3.57 Å². The lowest BCUT2D eigenvalue weighted by Gasteiger charge is -2.08. The second-order valence-electron chi connectivity index (χ2n) is 7.03. The predicted molar refractivity (Wildman–Crippen MR) is 141 cm³/mol. The molecule has 0 heterocycles. The van der Waals surface area contributed by atoms with Crippen molar-refractivity contribution < 1.29 is 23.9 Å².